The van der Waals surface area contributed by atoms with Crippen molar-refractivity contribution in [3.05, 3.63) is 46.6 Å². The van der Waals surface area contributed by atoms with Crippen LogP contribution in [0.5, 0.6) is 5.75 Å². The summed E-state index contributed by atoms with van der Waals surface area (Å²) in [7, 11) is 0. The van der Waals surface area contributed by atoms with Crippen molar-refractivity contribution in [1.82, 2.24) is 5.16 Å². The van der Waals surface area contributed by atoms with Crippen molar-refractivity contribution in [3.8, 4) is 5.75 Å². The average molecular weight is 265 g/mol. The third-order valence-electron chi connectivity index (χ3n) is 2.74. The van der Waals surface area contributed by atoms with Crippen LogP contribution in [0.1, 0.15) is 27.4 Å². The Kier molecular flexibility index (Phi) is 3.50. The fourth-order valence-corrected chi connectivity index (χ4v) is 1.69. The first-order chi connectivity index (χ1) is 9.00. The number of halogens is 1. The van der Waals surface area contributed by atoms with Gasteiger partial charge in [0.15, 0.2) is 0 Å². The molecule has 1 heterocycles. The molecule has 0 bridgehead atoms. The maximum absolute atomic E-state index is 13.4. The van der Waals surface area contributed by atoms with Gasteiger partial charge in [0.05, 0.1) is 11.3 Å². The number of aromatic carboxylic acids is 1. The fraction of sp³-hybridized carbons (Fsp3) is 0.231. The average Bonchev–Trinajstić information content (AvgIpc) is 2.66. The standard InChI is InChI=1S/C13H12FNO4/c1-7-9(8(2)19-15-7)6-18-11-5-3-4-10(14)12(11)13(16)17/h3-5H,6H2,1-2H3,(H,16,17). The third kappa shape index (κ3) is 2.57. The van der Waals surface area contributed by atoms with E-state index in [1.807, 2.05) is 0 Å². The Morgan fingerprint density at radius 3 is 2.79 bits per heavy atom. The van der Waals surface area contributed by atoms with Crippen LogP contribution in [-0.2, 0) is 6.61 Å². The lowest BCUT2D eigenvalue weighted by Crippen LogP contribution is -2.06. The van der Waals surface area contributed by atoms with E-state index in [2.05, 4.69) is 5.16 Å². The number of ether oxygens (including phenoxy) is 1. The van der Waals surface area contributed by atoms with Gasteiger partial charge >= 0.3 is 5.97 Å². The number of nitrogens with zero attached hydrogens (tertiary/aromatic N) is 1. The largest absolute Gasteiger partial charge is 0.488 e. The number of aromatic nitrogens is 1. The molecule has 0 amide bonds. The van der Waals surface area contributed by atoms with Gasteiger partial charge in [0.25, 0.3) is 0 Å². The van der Waals surface area contributed by atoms with Gasteiger partial charge in [-0.15, -0.1) is 0 Å². The number of hydrogen-bond acceptors (Lipinski definition) is 4. The van der Waals surface area contributed by atoms with Crippen LogP contribution in [0.2, 0.25) is 0 Å². The Bertz CT molecular complexity index is 602. The summed E-state index contributed by atoms with van der Waals surface area (Å²) in [6.07, 6.45) is 0. The highest BCUT2D eigenvalue weighted by molar-refractivity contribution is 5.91. The highest BCUT2D eigenvalue weighted by atomic mass is 19.1. The smallest absolute Gasteiger partial charge is 0.342 e. The minimum atomic E-state index is -1.37. The first-order valence-electron chi connectivity index (χ1n) is 5.57. The molecule has 0 unspecified atom stereocenters. The molecule has 2 aromatic rings. The van der Waals surface area contributed by atoms with E-state index >= 15 is 0 Å². The van der Waals surface area contributed by atoms with Crippen LogP contribution in [0.15, 0.2) is 22.7 Å². The van der Waals surface area contributed by atoms with Crippen LogP contribution in [0.3, 0.4) is 0 Å². The van der Waals surface area contributed by atoms with Gasteiger partial charge in [-0.1, -0.05) is 11.2 Å². The van der Waals surface area contributed by atoms with Gasteiger partial charge in [0.2, 0.25) is 0 Å². The maximum Gasteiger partial charge on any atom is 0.342 e. The minimum absolute atomic E-state index is 0.0208. The Morgan fingerprint density at radius 2 is 2.21 bits per heavy atom. The van der Waals surface area contributed by atoms with Crippen LogP contribution in [-0.4, -0.2) is 16.2 Å². The van der Waals surface area contributed by atoms with Crippen LogP contribution >= 0.6 is 0 Å². The van der Waals surface area contributed by atoms with Gasteiger partial charge in [-0.25, -0.2) is 9.18 Å². The molecular weight excluding hydrogens is 253 g/mol. The van der Waals surface area contributed by atoms with Crippen molar-refractivity contribution in [2.24, 2.45) is 0 Å². The molecule has 5 nitrogen and oxygen atoms in total. The maximum atomic E-state index is 13.4. The molecule has 1 N–H and O–H groups in total. The van der Waals surface area contributed by atoms with E-state index in [4.69, 9.17) is 14.4 Å². The second kappa shape index (κ2) is 5.09. The molecular formula is C13H12FNO4. The molecule has 2 rings (SSSR count). The molecule has 0 atom stereocenters. The zero-order chi connectivity index (χ0) is 14.0. The van der Waals surface area contributed by atoms with Crippen LogP contribution in [0.4, 0.5) is 4.39 Å². The first-order valence-corrected chi connectivity index (χ1v) is 5.57. The zero-order valence-corrected chi connectivity index (χ0v) is 10.4. The summed E-state index contributed by atoms with van der Waals surface area (Å²) in [5.41, 5.74) is 0.903. The summed E-state index contributed by atoms with van der Waals surface area (Å²) in [4.78, 5) is 11.0. The molecule has 0 aliphatic rings. The lowest BCUT2D eigenvalue weighted by molar-refractivity contribution is 0.0686. The lowest BCUT2D eigenvalue weighted by atomic mass is 10.2. The first kappa shape index (κ1) is 13.1. The summed E-state index contributed by atoms with van der Waals surface area (Å²) < 4.78 is 23.8. The number of hydrogen-bond donors (Lipinski definition) is 1. The van der Waals surface area contributed by atoms with Crippen molar-refractivity contribution in [3.63, 3.8) is 0 Å². The number of carbonyl (C=O) groups is 1. The van der Waals surface area contributed by atoms with Crippen molar-refractivity contribution in [1.29, 1.82) is 0 Å². The summed E-state index contributed by atoms with van der Waals surface area (Å²) in [6, 6.07) is 3.88. The van der Waals surface area contributed by atoms with E-state index in [0.717, 1.165) is 11.6 Å². The topological polar surface area (TPSA) is 72.6 Å². The summed E-state index contributed by atoms with van der Waals surface area (Å²) in [6.45, 7) is 3.55. The third-order valence-corrected chi connectivity index (χ3v) is 2.74. The number of carboxylic acids is 1. The summed E-state index contributed by atoms with van der Waals surface area (Å²) in [5.74, 6) is -1.63. The number of aryl methyl sites for hydroxylation is 2. The predicted molar refractivity (Wildman–Crippen MR) is 63.7 cm³/mol. The second-order valence-corrected chi connectivity index (χ2v) is 4.01. The van der Waals surface area contributed by atoms with Gasteiger partial charge in [0.1, 0.15) is 29.5 Å². The van der Waals surface area contributed by atoms with E-state index in [1.165, 1.54) is 12.1 Å². The fourth-order valence-electron chi connectivity index (χ4n) is 1.69. The van der Waals surface area contributed by atoms with Crippen molar-refractivity contribution in [2.45, 2.75) is 20.5 Å². The highest BCUT2D eigenvalue weighted by Crippen LogP contribution is 2.23. The quantitative estimate of drug-likeness (QED) is 0.920. The predicted octanol–water partition coefficient (Wildman–Crippen LogP) is 2.71. The molecule has 1 aromatic carbocycles. The SMILES string of the molecule is Cc1noc(C)c1COc1cccc(F)c1C(=O)O. The lowest BCUT2D eigenvalue weighted by Gasteiger charge is -2.09. The molecule has 0 saturated carbocycles. The second-order valence-electron chi connectivity index (χ2n) is 4.01. The van der Waals surface area contributed by atoms with Gasteiger partial charge in [-0.2, -0.15) is 0 Å². The van der Waals surface area contributed by atoms with Crippen molar-refractivity contribution >= 4 is 5.97 Å². The molecule has 0 radical (unpaired) electrons. The number of benzene rings is 1. The van der Waals surface area contributed by atoms with E-state index in [1.54, 1.807) is 13.8 Å². The van der Waals surface area contributed by atoms with Crippen LogP contribution in [0, 0.1) is 19.7 Å². The van der Waals surface area contributed by atoms with E-state index in [-0.39, 0.29) is 12.4 Å². The Hall–Kier alpha value is -2.37. The van der Waals surface area contributed by atoms with E-state index in [9.17, 15) is 9.18 Å². The Balaban J connectivity index is 2.25. The molecule has 0 spiro atoms. The van der Waals surface area contributed by atoms with Gasteiger partial charge in [-0.05, 0) is 26.0 Å². The van der Waals surface area contributed by atoms with Crippen LogP contribution < -0.4 is 4.74 Å². The Morgan fingerprint density at radius 1 is 1.47 bits per heavy atom. The van der Waals surface area contributed by atoms with E-state index < -0.39 is 17.3 Å². The van der Waals surface area contributed by atoms with Gasteiger partial charge in [-0.3, -0.25) is 0 Å². The molecule has 6 heteroatoms. The monoisotopic (exact) mass is 265 g/mol. The van der Waals surface area contributed by atoms with Crippen molar-refractivity contribution in [2.75, 3.05) is 0 Å². The normalized spacial score (nSPS) is 10.5. The minimum Gasteiger partial charge on any atom is -0.488 e. The van der Waals surface area contributed by atoms with E-state index in [0.29, 0.717) is 11.5 Å². The molecule has 0 fully saturated rings. The zero-order valence-electron chi connectivity index (χ0n) is 10.4. The molecule has 1 aromatic heterocycles. The van der Waals surface area contributed by atoms with Crippen molar-refractivity contribution < 1.29 is 23.6 Å². The summed E-state index contributed by atoms with van der Waals surface area (Å²) in [5, 5.41) is 12.7. The van der Waals surface area contributed by atoms with Crippen LogP contribution in [0.25, 0.3) is 0 Å². The van der Waals surface area contributed by atoms with Gasteiger partial charge < -0.3 is 14.4 Å². The molecule has 0 saturated heterocycles. The Labute approximate surface area is 108 Å². The van der Waals surface area contributed by atoms with Gasteiger partial charge in [0, 0.05) is 0 Å². The number of carboxylic acid groups (broad SMARTS) is 1. The number of rotatable bonds is 4. The molecule has 0 aliphatic carbocycles. The molecule has 19 heavy (non-hydrogen) atoms. The molecule has 100 valence electrons. The summed E-state index contributed by atoms with van der Waals surface area (Å²) >= 11 is 0. The highest BCUT2D eigenvalue weighted by Gasteiger charge is 2.18. The molecule has 0 aliphatic heterocycles.